The highest BCUT2D eigenvalue weighted by Gasteiger charge is 2.04. The minimum atomic E-state index is -0.201. The zero-order valence-corrected chi connectivity index (χ0v) is 16.5. The van der Waals surface area contributed by atoms with Crippen molar-refractivity contribution in [2.24, 2.45) is 4.99 Å². The van der Waals surface area contributed by atoms with E-state index >= 15 is 0 Å². The van der Waals surface area contributed by atoms with Gasteiger partial charge < -0.3 is 10.1 Å². The van der Waals surface area contributed by atoms with Crippen LogP contribution >= 0.6 is 11.6 Å². The van der Waals surface area contributed by atoms with E-state index in [1.54, 1.807) is 6.21 Å². The van der Waals surface area contributed by atoms with E-state index in [9.17, 15) is 4.79 Å². The van der Waals surface area contributed by atoms with Crippen molar-refractivity contribution in [3.05, 3.63) is 88.4 Å². The highest BCUT2D eigenvalue weighted by Crippen LogP contribution is 2.22. The minimum Gasteiger partial charge on any atom is -0.484 e. The predicted octanol–water partition coefficient (Wildman–Crippen LogP) is 5.72. The number of nitrogens with one attached hydrogen (secondary N) is 1. The molecule has 1 amide bonds. The van der Waals surface area contributed by atoms with Crippen molar-refractivity contribution >= 4 is 35.1 Å². The first-order valence-electron chi connectivity index (χ1n) is 8.89. The Bertz CT molecular complexity index is 998. The van der Waals surface area contributed by atoms with Gasteiger partial charge in [0.15, 0.2) is 6.61 Å². The topological polar surface area (TPSA) is 50.7 Å². The molecule has 5 heteroatoms. The summed E-state index contributed by atoms with van der Waals surface area (Å²) in [6.45, 7) is 3.88. The molecule has 0 heterocycles. The van der Waals surface area contributed by atoms with Gasteiger partial charge in [-0.3, -0.25) is 9.79 Å². The minimum absolute atomic E-state index is 0.0523. The third-order valence-corrected chi connectivity index (χ3v) is 4.48. The Balaban J connectivity index is 1.53. The zero-order valence-electron chi connectivity index (χ0n) is 15.8. The van der Waals surface area contributed by atoms with Crippen molar-refractivity contribution < 1.29 is 9.53 Å². The van der Waals surface area contributed by atoms with Crippen LogP contribution in [0.15, 0.2) is 71.7 Å². The maximum Gasteiger partial charge on any atom is 0.262 e. The molecule has 3 aromatic rings. The summed E-state index contributed by atoms with van der Waals surface area (Å²) in [7, 11) is 0. The maximum atomic E-state index is 12.0. The van der Waals surface area contributed by atoms with Crippen LogP contribution in [0, 0.1) is 13.8 Å². The lowest BCUT2D eigenvalue weighted by Crippen LogP contribution is -2.20. The van der Waals surface area contributed by atoms with Crippen molar-refractivity contribution in [2.75, 3.05) is 11.9 Å². The highest BCUT2D eigenvalue weighted by molar-refractivity contribution is 6.31. The number of hydrogen-bond donors (Lipinski definition) is 1. The van der Waals surface area contributed by atoms with E-state index in [0.29, 0.717) is 10.8 Å². The Kier molecular flexibility index (Phi) is 6.45. The SMILES string of the molecule is Cc1cccc(NC(=O)COc2ccc(C=Nc3ccc(C)c(Cl)c3)cc2)c1. The van der Waals surface area contributed by atoms with Gasteiger partial charge in [0.1, 0.15) is 5.75 Å². The molecule has 142 valence electrons. The molecular weight excluding hydrogens is 372 g/mol. The van der Waals surface area contributed by atoms with Gasteiger partial charge >= 0.3 is 0 Å². The van der Waals surface area contributed by atoms with Crippen molar-refractivity contribution in [1.29, 1.82) is 0 Å². The fraction of sp³-hybridized carbons (Fsp3) is 0.130. The van der Waals surface area contributed by atoms with Crippen molar-refractivity contribution in [3.8, 4) is 5.75 Å². The smallest absolute Gasteiger partial charge is 0.262 e. The quantitative estimate of drug-likeness (QED) is 0.545. The van der Waals surface area contributed by atoms with Crippen LogP contribution in [0.4, 0.5) is 11.4 Å². The molecule has 28 heavy (non-hydrogen) atoms. The van der Waals surface area contributed by atoms with Crippen LogP contribution in [0.3, 0.4) is 0 Å². The summed E-state index contributed by atoms with van der Waals surface area (Å²) in [5, 5.41) is 3.51. The van der Waals surface area contributed by atoms with Gasteiger partial charge in [-0.2, -0.15) is 0 Å². The molecule has 0 atom stereocenters. The third-order valence-electron chi connectivity index (χ3n) is 4.07. The molecule has 0 aliphatic rings. The Morgan fingerprint density at radius 1 is 1.07 bits per heavy atom. The second-order valence-corrected chi connectivity index (χ2v) is 6.87. The zero-order chi connectivity index (χ0) is 19.9. The number of carbonyl (C=O) groups is 1. The van der Waals surface area contributed by atoms with E-state index in [0.717, 1.165) is 28.1 Å². The Labute approximate surface area is 169 Å². The maximum absolute atomic E-state index is 12.0. The number of nitrogens with zero attached hydrogens (tertiary/aromatic N) is 1. The van der Waals surface area contributed by atoms with E-state index in [2.05, 4.69) is 10.3 Å². The molecule has 0 aromatic heterocycles. The van der Waals surface area contributed by atoms with E-state index in [1.165, 1.54) is 0 Å². The summed E-state index contributed by atoms with van der Waals surface area (Å²) in [6.07, 6.45) is 1.76. The number of carbonyl (C=O) groups excluding carboxylic acids is 1. The average molecular weight is 393 g/mol. The van der Waals surface area contributed by atoms with Gasteiger partial charge in [-0.1, -0.05) is 29.8 Å². The lowest BCUT2D eigenvalue weighted by molar-refractivity contribution is -0.118. The third kappa shape index (κ3) is 5.69. The van der Waals surface area contributed by atoms with Gasteiger partial charge in [0.05, 0.1) is 5.69 Å². The molecule has 0 aliphatic carbocycles. The molecule has 0 spiro atoms. The predicted molar refractivity (Wildman–Crippen MR) is 115 cm³/mol. The molecule has 0 radical (unpaired) electrons. The summed E-state index contributed by atoms with van der Waals surface area (Å²) in [4.78, 5) is 16.4. The number of amides is 1. The molecule has 0 saturated carbocycles. The second kappa shape index (κ2) is 9.20. The molecule has 3 aromatic carbocycles. The van der Waals surface area contributed by atoms with E-state index < -0.39 is 0 Å². The number of rotatable bonds is 6. The molecule has 1 N–H and O–H groups in total. The molecule has 3 rings (SSSR count). The summed E-state index contributed by atoms with van der Waals surface area (Å²) in [5.41, 5.74) is 4.59. The van der Waals surface area contributed by atoms with Gasteiger partial charge in [0.2, 0.25) is 0 Å². The van der Waals surface area contributed by atoms with E-state index in [-0.39, 0.29) is 12.5 Å². The number of aryl methyl sites for hydroxylation is 2. The number of halogens is 1. The Morgan fingerprint density at radius 2 is 1.86 bits per heavy atom. The molecule has 0 saturated heterocycles. The van der Waals surface area contributed by atoms with Crippen LogP contribution in [0.1, 0.15) is 16.7 Å². The van der Waals surface area contributed by atoms with Gasteiger partial charge in [-0.25, -0.2) is 0 Å². The fourth-order valence-corrected chi connectivity index (χ4v) is 2.70. The number of ether oxygens (including phenoxy) is 1. The van der Waals surface area contributed by atoms with Crippen LogP contribution in [0.5, 0.6) is 5.75 Å². The van der Waals surface area contributed by atoms with Gasteiger partial charge in [-0.15, -0.1) is 0 Å². The lowest BCUT2D eigenvalue weighted by Gasteiger charge is -2.08. The molecular formula is C23H21ClN2O2. The summed E-state index contributed by atoms with van der Waals surface area (Å²) >= 11 is 6.11. The average Bonchev–Trinajstić information content (AvgIpc) is 2.68. The van der Waals surface area contributed by atoms with Gasteiger partial charge in [0, 0.05) is 16.9 Å². The van der Waals surface area contributed by atoms with Crippen LogP contribution in [0.25, 0.3) is 0 Å². The normalized spacial score (nSPS) is 10.8. The first-order chi connectivity index (χ1) is 13.5. The fourth-order valence-electron chi connectivity index (χ4n) is 2.53. The van der Waals surface area contributed by atoms with Crippen molar-refractivity contribution in [2.45, 2.75) is 13.8 Å². The van der Waals surface area contributed by atoms with E-state index in [4.69, 9.17) is 16.3 Å². The molecule has 0 unspecified atom stereocenters. The Hall–Kier alpha value is -3.11. The first kappa shape index (κ1) is 19.6. The molecule has 0 bridgehead atoms. The Morgan fingerprint density at radius 3 is 2.57 bits per heavy atom. The summed E-state index contributed by atoms with van der Waals surface area (Å²) < 4.78 is 5.54. The van der Waals surface area contributed by atoms with E-state index in [1.807, 2.05) is 80.6 Å². The second-order valence-electron chi connectivity index (χ2n) is 6.47. The number of aliphatic imine (C=N–C) groups is 1. The number of hydrogen-bond acceptors (Lipinski definition) is 3. The number of anilines is 1. The lowest BCUT2D eigenvalue weighted by atomic mass is 10.2. The molecule has 0 aliphatic heterocycles. The first-order valence-corrected chi connectivity index (χ1v) is 9.27. The largest absolute Gasteiger partial charge is 0.484 e. The van der Waals surface area contributed by atoms with Gasteiger partial charge in [0.25, 0.3) is 5.91 Å². The van der Waals surface area contributed by atoms with Crippen LogP contribution in [0.2, 0.25) is 5.02 Å². The summed E-state index contributed by atoms with van der Waals surface area (Å²) in [6, 6.07) is 20.7. The van der Waals surface area contributed by atoms with Crippen LogP contribution in [-0.2, 0) is 4.79 Å². The van der Waals surface area contributed by atoms with Crippen LogP contribution < -0.4 is 10.1 Å². The summed E-state index contributed by atoms with van der Waals surface area (Å²) in [5.74, 6) is 0.419. The highest BCUT2D eigenvalue weighted by atomic mass is 35.5. The molecule has 4 nitrogen and oxygen atoms in total. The van der Waals surface area contributed by atoms with Crippen molar-refractivity contribution in [3.63, 3.8) is 0 Å². The number of benzene rings is 3. The standard InChI is InChI=1S/C23H21ClN2O2/c1-16-4-3-5-20(12-16)26-23(27)15-28-21-10-7-18(8-11-21)14-25-19-9-6-17(2)22(24)13-19/h3-14H,15H2,1-2H3,(H,26,27). The van der Waals surface area contributed by atoms with Gasteiger partial charge in [-0.05, 0) is 79.1 Å². The molecule has 0 fully saturated rings. The van der Waals surface area contributed by atoms with Crippen molar-refractivity contribution in [1.82, 2.24) is 0 Å². The van der Waals surface area contributed by atoms with Crippen LogP contribution in [-0.4, -0.2) is 18.7 Å². The monoisotopic (exact) mass is 392 g/mol.